The van der Waals surface area contributed by atoms with Gasteiger partial charge >= 0.3 is 6.55 Å². The third-order valence-corrected chi connectivity index (χ3v) is 3.78. The molecule has 22 heavy (non-hydrogen) atoms. The van der Waals surface area contributed by atoms with Crippen molar-refractivity contribution >= 4 is 21.8 Å². The Bertz CT molecular complexity index is 676. The Morgan fingerprint density at radius 2 is 2.23 bits per heavy atom. The Balaban J connectivity index is 2.20. The van der Waals surface area contributed by atoms with Crippen LogP contribution in [0.3, 0.4) is 0 Å². The highest BCUT2D eigenvalue weighted by molar-refractivity contribution is 9.10. The van der Waals surface area contributed by atoms with Crippen LogP contribution in [-0.4, -0.2) is 34.5 Å². The van der Waals surface area contributed by atoms with Crippen molar-refractivity contribution in [2.24, 2.45) is 0 Å². The quantitative estimate of drug-likeness (QED) is 0.807. The highest BCUT2D eigenvalue weighted by Crippen LogP contribution is 2.24. The molecule has 0 aliphatic heterocycles. The number of amides is 1. The van der Waals surface area contributed by atoms with Crippen LogP contribution in [0.4, 0.5) is 8.78 Å². The van der Waals surface area contributed by atoms with Gasteiger partial charge in [-0.05, 0) is 34.1 Å². The topological polar surface area (TPSA) is 47.4 Å². The van der Waals surface area contributed by atoms with Crippen molar-refractivity contribution in [3.63, 3.8) is 0 Å². The molecule has 0 saturated heterocycles. The minimum atomic E-state index is -2.69. The van der Waals surface area contributed by atoms with Crippen molar-refractivity contribution in [1.29, 1.82) is 0 Å². The van der Waals surface area contributed by atoms with Crippen LogP contribution in [0.5, 0.6) is 5.75 Å². The van der Waals surface area contributed by atoms with E-state index in [2.05, 4.69) is 20.9 Å². The maximum Gasteiger partial charge on any atom is 0.319 e. The molecule has 0 fully saturated rings. The Kier molecular flexibility index (Phi) is 5.12. The van der Waals surface area contributed by atoms with Gasteiger partial charge in [0.15, 0.2) is 0 Å². The fraction of sp³-hybridized carbons (Fsp3) is 0.286. The smallest absolute Gasteiger partial charge is 0.319 e. The summed E-state index contributed by atoms with van der Waals surface area (Å²) in [7, 11) is 3.03. The van der Waals surface area contributed by atoms with Crippen LogP contribution < -0.4 is 4.74 Å². The average Bonchev–Trinajstić information content (AvgIpc) is 2.95. The SMILES string of the molecule is COc1ccc(Br)c(C(=O)N(C)Cc2nccn2C(F)F)c1. The third-order valence-electron chi connectivity index (χ3n) is 3.09. The molecule has 0 spiro atoms. The lowest BCUT2D eigenvalue weighted by Crippen LogP contribution is -2.28. The van der Waals surface area contributed by atoms with E-state index in [1.54, 1.807) is 18.2 Å². The Morgan fingerprint density at radius 3 is 2.86 bits per heavy atom. The molecule has 0 N–H and O–H groups in total. The summed E-state index contributed by atoms with van der Waals surface area (Å²) in [6.45, 7) is -2.72. The molecule has 1 aromatic heterocycles. The summed E-state index contributed by atoms with van der Waals surface area (Å²) in [4.78, 5) is 17.6. The fourth-order valence-electron chi connectivity index (χ4n) is 1.93. The number of hydrogen-bond donors (Lipinski definition) is 0. The predicted molar refractivity (Wildman–Crippen MR) is 80.0 cm³/mol. The van der Waals surface area contributed by atoms with Crippen LogP contribution in [0.15, 0.2) is 35.1 Å². The summed E-state index contributed by atoms with van der Waals surface area (Å²) in [5.41, 5.74) is 0.386. The molecule has 2 rings (SSSR count). The van der Waals surface area contributed by atoms with E-state index in [0.29, 0.717) is 15.8 Å². The number of benzene rings is 1. The molecule has 0 unspecified atom stereocenters. The van der Waals surface area contributed by atoms with Crippen LogP contribution in [0, 0.1) is 0 Å². The zero-order valence-corrected chi connectivity index (χ0v) is 13.5. The summed E-state index contributed by atoms with van der Waals surface area (Å²) >= 11 is 3.30. The Hall–Kier alpha value is -1.96. The zero-order valence-electron chi connectivity index (χ0n) is 12.0. The van der Waals surface area contributed by atoms with Crippen molar-refractivity contribution in [2.75, 3.05) is 14.2 Å². The number of carbonyl (C=O) groups is 1. The summed E-state index contributed by atoms with van der Waals surface area (Å²) in [5, 5.41) is 0. The average molecular weight is 374 g/mol. The van der Waals surface area contributed by atoms with Gasteiger partial charge in [-0.3, -0.25) is 9.36 Å². The number of carbonyl (C=O) groups excluding carboxylic acids is 1. The molecule has 5 nitrogen and oxygen atoms in total. The van der Waals surface area contributed by atoms with Gasteiger partial charge in [0.1, 0.15) is 11.6 Å². The van der Waals surface area contributed by atoms with Crippen LogP contribution in [0.1, 0.15) is 22.7 Å². The molecule has 118 valence electrons. The lowest BCUT2D eigenvalue weighted by Gasteiger charge is -2.18. The second-order valence-electron chi connectivity index (χ2n) is 4.54. The van der Waals surface area contributed by atoms with Gasteiger partial charge in [-0.1, -0.05) is 0 Å². The van der Waals surface area contributed by atoms with E-state index < -0.39 is 6.55 Å². The highest BCUT2D eigenvalue weighted by atomic mass is 79.9. The van der Waals surface area contributed by atoms with Crippen molar-refractivity contribution in [3.8, 4) is 5.75 Å². The van der Waals surface area contributed by atoms with E-state index >= 15 is 0 Å². The number of ether oxygens (including phenoxy) is 1. The minimum Gasteiger partial charge on any atom is -0.497 e. The molecule has 0 atom stereocenters. The van der Waals surface area contributed by atoms with Crippen molar-refractivity contribution in [3.05, 3.63) is 46.5 Å². The molecule has 0 aliphatic rings. The molecule has 0 saturated carbocycles. The lowest BCUT2D eigenvalue weighted by atomic mass is 10.2. The molecule has 8 heteroatoms. The molecule has 0 bridgehead atoms. The van der Waals surface area contributed by atoms with Gasteiger partial charge in [0.25, 0.3) is 5.91 Å². The Morgan fingerprint density at radius 1 is 1.50 bits per heavy atom. The van der Waals surface area contributed by atoms with Gasteiger partial charge in [0, 0.05) is 23.9 Å². The van der Waals surface area contributed by atoms with Crippen LogP contribution in [0.2, 0.25) is 0 Å². The van der Waals surface area contributed by atoms with Gasteiger partial charge in [0.2, 0.25) is 0 Å². The number of halogens is 3. The standard InChI is InChI=1S/C14H14BrF2N3O2/c1-19(8-12-18-5-6-20(12)14(16)17)13(21)10-7-9(22-2)3-4-11(10)15/h3-7,14H,8H2,1-2H3. The normalized spacial score (nSPS) is 10.8. The number of imidazole rings is 1. The molecule has 0 aliphatic carbocycles. The monoisotopic (exact) mass is 373 g/mol. The first kappa shape index (κ1) is 16.4. The van der Waals surface area contributed by atoms with Gasteiger partial charge in [-0.2, -0.15) is 8.78 Å². The number of hydrogen-bond acceptors (Lipinski definition) is 3. The number of methoxy groups -OCH3 is 1. The number of nitrogens with zero attached hydrogens (tertiary/aromatic N) is 3. The highest BCUT2D eigenvalue weighted by Gasteiger charge is 2.19. The van der Waals surface area contributed by atoms with Gasteiger partial charge in [0.05, 0.1) is 19.2 Å². The second-order valence-corrected chi connectivity index (χ2v) is 5.39. The largest absolute Gasteiger partial charge is 0.497 e. The van der Waals surface area contributed by atoms with Crippen molar-refractivity contribution in [2.45, 2.75) is 13.1 Å². The van der Waals surface area contributed by atoms with E-state index in [9.17, 15) is 13.6 Å². The first-order valence-electron chi connectivity index (χ1n) is 6.33. The van der Waals surface area contributed by atoms with E-state index in [1.165, 1.54) is 31.5 Å². The molecule has 2 aromatic rings. The van der Waals surface area contributed by atoms with Gasteiger partial charge in [-0.25, -0.2) is 4.98 Å². The first-order chi connectivity index (χ1) is 10.4. The number of alkyl halides is 2. The van der Waals surface area contributed by atoms with E-state index in [1.807, 2.05) is 0 Å². The third kappa shape index (κ3) is 3.44. The summed E-state index contributed by atoms with van der Waals surface area (Å²) in [6.07, 6.45) is 2.46. The van der Waals surface area contributed by atoms with Crippen molar-refractivity contribution in [1.82, 2.24) is 14.5 Å². The predicted octanol–water partition coefficient (Wildman–Crippen LogP) is 3.32. The molecule has 0 radical (unpaired) electrons. The van der Waals surface area contributed by atoms with E-state index in [4.69, 9.17) is 4.74 Å². The zero-order chi connectivity index (χ0) is 16.3. The maximum atomic E-state index is 12.8. The number of aromatic nitrogens is 2. The second kappa shape index (κ2) is 6.87. The van der Waals surface area contributed by atoms with Gasteiger partial charge < -0.3 is 9.64 Å². The number of rotatable bonds is 5. The molecule has 1 heterocycles. The molecular weight excluding hydrogens is 360 g/mol. The van der Waals surface area contributed by atoms with E-state index in [-0.39, 0.29) is 18.3 Å². The fourth-order valence-corrected chi connectivity index (χ4v) is 2.35. The summed E-state index contributed by atoms with van der Waals surface area (Å²) in [6, 6.07) is 4.99. The molecule has 1 aromatic carbocycles. The molecular formula is C14H14BrF2N3O2. The Labute approximate surface area is 134 Å². The van der Waals surface area contributed by atoms with Crippen LogP contribution in [-0.2, 0) is 6.54 Å². The van der Waals surface area contributed by atoms with Crippen molar-refractivity contribution < 1.29 is 18.3 Å². The summed E-state index contributed by atoms with van der Waals surface area (Å²) < 4.78 is 32.0. The minimum absolute atomic E-state index is 0.0280. The lowest BCUT2D eigenvalue weighted by molar-refractivity contribution is 0.0612. The maximum absolute atomic E-state index is 12.8. The first-order valence-corrected chi connectivity index (χ1v) is 7.12. The van der Waals surface area contributed by atoms with Crippen LogP contribution in [0.25, 0.3) is 0 Å². The van der Waals surface area contributed by atoms with E-state index in [0.717, 1.165) is 4.57 Å². The van der Waals surface area contributed by atoms with Gasteiger partial charge in [-0.15, -0.1) is 0 Å². The summed E-state index contributed by atoms with van der Waals surface area (Å²) in [5.74, 6) is 0.327. The van der Waals surface area contributed by atoms with Crippen LogP contribution >= 0.6 is 15.9 Å². The molecule has 1 amide bonds.